The summed E-state index contributed by atoms with van der Waals surface area (Å²) in [5, 5.41) is 7.31. The Balaban J connectivity index is 1.36. The van der Waals surface area contributed by atoms with Gasteiger partial charge in [-0.1, -0.05) is 0 Å². The molecule has 1 amide bonds. The number of carbonyl (C=O) groups excluding carboxylic acids is 1. The lowest BCUT2D eigenvalue weighted by molar-refractivity contribution is 0.00732. The molecule has 182 valence electrons. The summed E-state index contributed by atoms with van der Waals surface area (Å²) in [7, 11) is 3.35. The quantitative estimate of drug-likeness (QED) is 0.430. The van der Waals surface area contributed by atoms with Gasteiger partial charge in [-0.15, -0.1) is 0 Å². The number of pyridine rings is 1. The molecule has 3 aliphatic heterocycles. The van der Waals surface area contributed by atoms with E-state index in [2.05, 4.69) is 15.0 Å². The van der Waals surface area contributed by atoms with Crippen molar-refractivity contribution in [3.05, 3.63) is 42.4 Å². The van der Waals surface area contributed by atoms with Crippen molar-refractivity contribution < 1.29 is 19.0 Å². The van der Waals surface area contributed by atoms with Crippen molar-refractivity contribution in [3.63, 3.8) is 0 Å². The molecule has 11 nitrogen and oxygen atoms in total. The number of rotatable bonds is 6. The third kappa shape index (κ3) is 3.54. The summed E-state index contributed by atoms with van der Waals surface area (Å²) in [6.07, 6.45) is 7.07. The lowest BCUT2D eigenvalue weighted by Gasteiger charge is -2.35. The highest BCUT2D eigenvalue weighted by Gasteiger charge is 2.34. The summed E-state index contributed by atoms with van der Waals surface area (Å²) in [6.45, 7) is 1.10. The Morgan fingerprint density at radius 3 is 2.80 bits per heavy atom. The molecule has 2 aromatic heterocycles. The van der Waals surface area contributed by atoms with Gasteiger partial charge in [0.1, 0.15) is 23.3 Å². The minimum atomic E-state index is -0.244. The molecule has 2 aromatic rings. The highest BCUT2D eigenvalue weighted by atomic mass is 16.5. The van der Waals surface area contributed by atoms with Crippen LogP contribution in [0.2, 0.25) is 0 Å². The van der Waals surface area contributed by atoms with Gasteiger partial charge in [-0.3, -0.25) is 4.79 Å². The van der Waals surface area contributed by atoms with Crippen molar-refractivity contribution in [3.8, 4) is 22.6 Å². The summed E-state index contributed by atoms with van der Waals surface area (Å²) in [4.78, 5) is 22.5. The van der Waals surface area contributed by atoms with Crippen molar-refractivity contribution in [2.45, 2.75) is 37.1 Å². The summed E-state index contributed by atoms with van der Waals surface area (Å²) in [6, 6.07) is 5.73. The lowest BCUT2D eigenvalue weighted by atomic mass is 9.89. The number of anilines is 1. The van der Waals surface area contributed by atoms with E-state index < -0.39 is 0 Å². The topological polar surface area (TPSA) is 131 Å². The summed E-state index contributed by atoms with van der Waals surface area (Å²) in [5.74, 6) is 0.942. The van der Waals surface area contributed by atoms with Crippen LogP contribution in [-0.2, 0) is 14.2 Å². The van der Waals surface area contributed by atoms with E-state index in [9.17, 15) is 4.79 Å². The molecule has 3 N–H and O–H groups in total. The summed E-state index contributed by atoms with van der Waals surface area (Å²) < 4.78 is 20.2. The minimum Gasteiger partial charge on any atom is -0.384 e. The van der Waals surface area contributed by atoms with Gasteiger partial charge in [0.15, 0.2) is 5.65 Å². The van der Waals surface area contributed by atoms with Crippen LogP contribution in [0.3, 0.4) is 0 Å². The van der Waals surface area contributed by atoms with Crippen LogP contribution in [0.1, 0.15) is 29.2 Å². The first kappa shape index (κ1) is 22.0. The molecule has 1 saturated heterocycles. The first-order valence-electron chi connectivity index (χ1n) is 11.6. The van der Waals surface area contributed by atoms with Crippen molar-refractivity contribution in [2.24, 2.45) is 0 Å². The lowest BCUT2D eigenvalue weighted by Crippen LogP contribution is -2.51. The molecule has 11 heteroatoms. The van der Waals surface area contributed by atoms with Gasteiger partial charge in [0.25, 0.3) is 5.91 Å². The van der Waals surface area contributed by atoms with Crippen LogP contribution in [0.15, 0.2) is 36.8 Å². The summed E-state index contributed by atoms with van der Waals surface area (Å²) >= 11 is 0. The number of fused-ring (bicyclic) bond motifs is 2. The third-order valence-electron chi connectivity index (χ3n) is 7.11. The van der Waals surface area contributed by atoms with Gasteiger partial charge in [0.05, 0.1) is 43.3 Å². The van der Waals surface area contributed by atoms with Crippen LogP contribution in [0.4, 0.5) is 5.82 Å². The average molecular weight is 478 g/mol. The van der Waals surface area contributed by atoms with Crippen LogP contribution in [0.5, 0.6) is 0 Å². The number of nitrogen functional groups attached to an aromatic ring is 1. The number of hydrogen-bond acceptors (Lipinski definition) is 8. The van der Waals surface area contributed by atoms with Gasteiger partial charge < -0.3 is 29.8 Å². The molecule has 4 aliphatic rings. The van der Waals surface area contributed by atoms with Crippen LogP contribution in [0.25, 0.3) is 28.3 Å². The monoisotopic (exact) mass is 477 g/mol. The smallest absolute Gasteiger partial charge is 0.257 e. The van der Waals surface area contributed by atoms with E-state index in [0.717, 1.165) is 29.8 Å². The SMILES string of the molecule is CO[C@H]1COCC1n1cccc2c(-c3cc(N)n4ncc(C(=O)NC5CC[C@H]5OC)c4n3)cnc1-2. The molecule has 35 heavy (non-hydrogen) atoms. The number of carbonyl (C=O) groups is 1. The van der Waals surface area contributed by atoms with E-state index in [1.807, 2.05) is 18.3 Å². The molecule has 6 rings (SSSR count). The van der Waals surface area contributed by atoms with Gasteiger partial charge in [0.2, 0.25) is 0 Å². The first-order valence-corrected chi connectivity index (χ1v) is 11.6. The molecule has 0 spiro atoms. The van der Waals surface area contributed by atoms with E-state index in [1.165, 1.54) is 10.7 Å². The fourth-order valence-corrected chi connectivity index (χ4v) is 4.98. The zero-order chi connectivity index (χ0) is 24.1. The maximum Gasteiger partial charge on any atom is 0.257 e. The van der Waals surface area contributed by atoms with E-state index in [1.54, 1.807) is 26.5 Å². The minimum absolute atomic E-state index is 0.0165. The Morgan fingerprint density at radius 1 is 1.17 bits per heavy atom. The van der Waals surface area contributed by atoms with Gasteiger partial charge in [-0.2, -0.15) is 9.61 Å². The Kier molecular flexibility index (Phi) is 5.39. The molecule has 2 fully saturated rings. The summed E-state index contributed by atoms with van der Waals surface area (Å²) in [5.41, 5.74) is 9.45. The fraction of sp³-hybridized carbons (Fsp3) is 0.417. The number of amides is 1. The molecule has 4 atom stereocenters. The van der Waals surface area contributed by atoms with Crippen LogP contribution < -0.4 is 11.1 Å². The number of nitrogens with zero attached hydrogens (tertiary/aromatic N) is 5. The highest BCUT2D eigenvalue weighted by molar-refractivity contribution is 6.00. The Hall–Kier alpha value is -3.54. The second-order valence-electron chi connectivity index (χ2n) is 8.99. The standard InChI is InChI=1S/C24H27N7O4/c1-33-19-6-5-16(19)29-24(32)15-10-27-31-21(25)8-17(28-23(15)31)14-9-26-22-13(14)4-3-7-30(22)18-11-35-12-20(18)34-2/h3-4,7-10,16,18-20H,5-6,11-12,25H2,1-2H3,(H,29,32)/t16?,18?,19-,20+/m1/s1. The molecule has 5 heterocycles. The normalized spacial score (nSPS) is 24.2. The number of methoxy groups -OCH3 is 2. The van der Waals surface area contributed by atoms with Crippen LogP contribution in [0, 0.1) is 0 Å². The molecule has 1 saturated carbocycles. The highest BCUT2D eigenvalue weighted by Crippen LogP contribution is 2.36. The zero-order valence-corrected chi connectivity index (χ0v) is 19.5. The zero-order valence-electron chi connectivity index (χ0n) is 19.5. The first-order chi connectivity index (χ1) is 17.1. The van der Waals surface area contributed by atoms with Gasteiger partial charge in [-0.05, 0) is 25.0 Å². The number of aromatic nitrogens is 5. The molecule has 1 aliphatic carbocycles. The fourth-order valence-electron chi connectivity index (χ4n) is 4.98. The van der Waals surface area contributed by atoms with Crippen molar-refractivity contribution in [1.29, 1.82) is 0 Å². The molecule has 0 aromatic carbocycles. The third-order valence-corrected chi connectivity index (χ3v) is 7.11. The van der Waals surface area contributed by atoms with E-state index in [-0.39, 0.29) is 30.2 Å². The predicted octanol–water partition coefficient (Wildman–Crippen LogP) is 1.77. The maximum atomic E-state index is 13.0. The van der Waals surface area contributed by atoms with Gasteiger partial charge in [-0.25, -0.2) is 9.97 Å². The molecule has 2 unspecified atom stereocenters. The molecular formula is C24H27N7O4. The van der Waals surface area contributed by atoms with Crippen molar-refractivity contribution >= 4 is 17.4 Å². The molecule has 0 bridgehead atoms. The Bertz CT molecular complexity index is 1360. The van der Waals surface area contributed by atoms with E-state index in [4.69, 9.17) is 29.9 Å². The van der Waals surface area contributed by atoms with Crippen LogP contribution >= 0.6 is 0 Å². The van der Waals surface area contributed by atoms with Crippen molar-refractivity contribution in [1.82, 2.24) is 29.5 Å². The largest absolute Gasteiger partial charge is 0.384 e. The average Bonchev–Trinajstić information content (AvgIpc) is 3.59. The maximum absolute atomic E-state index is 13.0. The molecule has 0 radical (unpaired) electrons. The molecular weight excluding hydrogens is 450 g/mol. The predicted molar refractivity (Wildman–Crippen MR) is 127 cm³/mol. The number of ether oxygens (including phenoxy) is 3. The number of nitrogens with one attached hydrogen (secondary N) is 1. The Labute approximate surface area is 201 Å². The van der Waals surface area contributed by atoms with E-state index in [0.29, 0.717) is 35.9 Å². The second-order valence-corrected chi connectivity index (χ2v) is 8.99. The Morgan fingerprint density at radius 2 is 2.03 bits per heavy atom. The van der Waals surface area contributed by atoms with Gasteiger partial charge in [0, 0.05) is 43.8 Å². The van der Waals surface area contributed by atoms with Crippen LogP contribution in [-0.4, -0.2) is 75.7 Å². The van der Waals surface area contributed by atoms with Gasteiger partial charge >= 0.3 is 0 Å². The van der Waals surface area contributed by atoms with Crippen molar-refractivity contribution in [2.75, 3.05) is 33.2 Å². The number of nitrogens with two attached hydrogens (primary N) is 1. The number of hydrogen-bond donors (Lipinski definition) is 2. The van der Waals surface area contributed by atoms with E-state index >= 15 is 0 Å². The second kappa shape index (κ2) is 8.59.